The highest BCUT2D eigenvalue weighted by molar-refractivity contribution is 14.1. The normalized spacial score (nSPS) is 15.3. The van der Waals surface area contributed by atoms with Gasteiger partial charge in [0.2, 0.25) is 0 Å². The summed E-state index contributed by atoms with van der Waals surface area (Å²) in [6.45, 7) is 2.20. The maximum atomic E-state index is 4.53. The zero-order valence-electron chi connectivity index (χ0n) is 11.9. The summed E-state index contributed by atoms with van der Waals surface area (Å²) in [4.78, 5) is 10.1. The van der Waals surface area contributed by atoms with E-state index in [1.165, 1.54) is 31.2 Å². The van der Waals surface area contributed by atoms with Crippen LogP contribution in [-0.4, -0.2) is 28.5 Å². The lowest BCUT2D eigenvalue weighted by atomic mass is 9.95. The van der Waals surface area contributed by atoms with Gasteiger partial charge >= 0.3 is 0 Å². The van der Waals surface area contributed by atoms with E-state index in [0.29, 0.717) is 0 Å². The van der Waals surface area contributed by atoms with Gasteiger partial charge in [-0.15, -0.1) is 0 Å². The predicted octanol–water partition coefficient (Wildman–Crippen LogP) is 3.82. The van der Waals surface area contributed by atoms with E-state index in [0.717, 1.165) is 25.2 Å². The highest BCUT2D eigenvalue weighted by Gasteiger charge is 2.14. The topological polar surface area (TPSA) is 31.9 Å². The minimum Gasteiger partial charge on any atom is -0.345 e. The zero-order valence-corrected chi connectivity index (χ0v) is 14.0. The highest BCUT2D eigenvalue weighted by Crippen LogP contribution is 2.28. The van der Waals surface area contributed by atoms with Gasteiger partial charge in [0.05, 0.1) is 0 Å². The van der Waals surface area contributed by atoms with Crippen LogP contribution in [0.5, 0.6) is 0 Å². The van der Waals surface area contributed by atoms with Crippen LogP contribution >= 0.6 is 22.6 Å². The van der Waals surface area contributed by atoms with E-state index < -0.39 is 0 Å². The number of halogens is 1. The fourth-order valence-corrected chi connectivity index (χ4v) is 3.57. The molecule has 0 bridgehead atoms. The van der Waals surface area contributed by atoms with Crippen molar-refractivity contribution in [1.29, 1.82) is 0 Å². The molecule has 0 atom stereocenters. The van der Waals surface area contributed by atoms with Crippen LogP contribution < -0.4 is 0 Å². The number of nitrogens with zero attached hydrogens (tertiary/aromatic N) is 2. The zero-order chi connectivity index (χ0) is 14.4. The van der Waals surface area contributed by atoms with Gasteiger partial charge in [-0.25, -0.2) is 4.98 Å². The lowest BCUT2D eigenvalue weighted by Gasteiger charge is -2.25. The summed E-state index contributed by atoms with van der Waals surface area (Å²) in [5, 5.41) is 1.20. The Balaban J connectivity index is 1.81. The summed E-state index contributed by atoms with van der Waals surface area (Å²) >= 11 is 2.35. The molecule has 106 valence electrons. The molecule has 0 aliphatic carbocycles. The summed E-state index contributed by atoms with van der Waals surface area (Å²) in [7, 11) is 2.19. The van der Waals surface area contributed by atoms with E-state index in [1.807, 2.05) is 12.4 Å². The molecule has 1 aliphatic rings. The molecule has 3 nitrogen and oxygen atoms in total. The summed E-state index contributed by atoms with van der Waals surface area (Å²) in [5.41, 5.74) is 6.35. The molecular weight excluding hydrogens is 373 g/mol. The largest absolute Gasteiger partial charge is 0.345 e. The maximum absolute atomic E-state index is 4.53. The van der Waals surface area contributed by atoms with E-state index in [4.69, 9.17) is 0 Å². The van der Waals surface area contributed by atoms with E-state index in [-0.39, 0.29) is 0 Å². The van der Waals surface area contributed by atoms with Gasteiger partial charge in [-0.2, -0.15) is 0 Å². The first-order valence-electron chi connectivity index (χ1n) is 7.14. The molecule has 1 aromatic carbocycles. The van der Waals surface area contributed by atoms with Crippen molar-refractivity contribution in [2.24, 2.45) is 0 Å². The van der Waals surface area contributed by atoms with Gasteiger partial charge in [-0.1, -0.05) is 12.1 Å². The standard InChI is InChI=1S/C17H16IN3/c1-21-5-4-11-2-3-12(6-14(11)10-21)13-7-15-16(18)9-20-17(15)19-8-13/h2-3,6-9H,4-5,10H2,1H3,(H,19,20). The summed E-state index contributed by atoms with van der Waals surface area (Å²) in [6.07, 6.45) is 5.12. The van der Waals surface area contributed by atoms with Crippen molar-refractivity contribution in [3.8, 4) is 11.1 Å². The molecule has 0 spiro atoms. The second-order valence-corrected chi connectivity index (χ2v) is 6.89. The molecular formula is C17H16IN3. The number of H-pyrrole nitrogens is 1. The molecule has 2 aromatic heterocycles. The molecule has 0 unspecified atom stereocenters. The summed E-state index contributed by atoms with van der Waals surface area (Å²) in [6, 6.07) is 9.07. The number of benzene rings is 1. The van der Waals surface area contributed by atoms with Gasteiger partial charge < -0.3 is 9.88 Å². The van der Waals surface area contributed by atoms with E-state index in [9.17, 15) is 0 Å². The fraction of sp³-hybridized carbons (Fsp3) is 0.235. The van der Waals surface area contributed by atoms with Gasteiger partial charge in [-0.3, -0.25) is 0 Å². The molecule has 3 aromatic rings. The summed E-state index contributed by atoms with van der Waals surface area (Å²) in [5.74, 6) is 0. The third-order valence-electron chi connectivity index (χ3n) is 4.22. The molecule has 0 fully saturated rings. The number of pyridine rings is 1. The molecule has 0 amide bonds. The molecule has 4 heteroatoms. The van der Waals surface area contributed by atoms with Crippen LogP contribution in [0.3, 0.4) is 0 Å². The number of rotatable bonds is 1. The van der Waals surface area contributed by atoms with Gasteiger partial charge in [0, 0.05) is 40.0 Å². The maximum Gasteiger partial charge on any atom is 0.138 e. The van der Waals surface area contributed by atoms with Gasteiger partial charge in [0.1, 0.15) is 5.65 Å². The van der Waals surface area contributed by atoms with Crippen molar-refractivity contribution >= 4 is 33.6 Å². The molecule has 4 rings (SSSR count). The first-order valence-corrected chi connectivity index (χ1v) is 8.22. The van der Waals surface area contributed by atoms with Crippen LogP contribution in [0, 0.1) is 3.57 Å². The fourth-order valence-electron chi connectivity index (χ4n) is 3.01. The van der Waals surface area contributed by atoms with Crippen molar-refractivity contribution in [2.75, 3.05) is 13.6 Å². The Morgan fingerprint density at radius 1 is 1.19 bits per heavy atom. The second kappa shape index (κ2) is 5.10. The Bertz CT molecular complexity index is 822. The molecule has 0 saturated heterocycles. The minimum atomic E-state index is 0.959. The quantitative estimate of drug-likeness (QED) is 0.642. The third-order valence-corrected chi connectivity index (χ3v) is 5.12. The highest BCUT2D eigenvalue weighted by atomic mass is 127. The molecule has 3 heterocycles. The monoisotopic (exact) mass is 389 g/mol. The number of aromatic nitrogens is 2. The summed E-state index contributed by atoms with van der Waals surface area (Å²) < 4.78 is 1.22. The number of likely N-dealkylation sites (N-methyl/N-ethyl adjacent to an activating group) is 1. The minimum absolute atomic E-state index is 0.959. The number of hydrogen-bond acceptors (Lipinski definition) is 2. The van der Waals surface area contributed by atoms with E-state index in [1.54, 1.807) is 0 Å². The van der Waals surface area contributed by atoms with Crippen molar-refractivity contribution in [3.05, 3.63) is 51.4 Å². The number of aromatic amines is 1. The Hall–Kier alpha value is -1.40. The van der Waals surface area contributed by atoms with Crippen LogP contribution in [0.15, 0.2) is 36.7 Å². The van der Waals surface area contributed by atoms with E-state index in [2.05, 4.69) is 68.8 Å². The predicted molar refractivity (Wildman–Crippen MR) is 94.3 cm³/mol. The second-order valence-electron chi connectivity index (χ2n) is 5.73. The number of hydrogen-bond donors (Lipinski definition) is 1. The number of fused-ring (bicyclic) bond motifs is 2. The van der Waals surface area contributed by atoms with Crippen molar-refractivity contribution < 1.29 is 0 Å². The average Bonchev–Trinajstić information content (AvgIpc) is 2.87. The van der Waals surface area contributed by atoms with Crippen LogP contribution in [0.1, 0.15) is 11.1 Å². The van der Waals surface area contributed by atoms with Crippen LogP contribution in [0.2, 0.25) is 0 Å². The van der Waals surface area contributed by atoms with Crippen LogP contribution in [0.25, 0.3) is 22.2 Å². The first kappa shape index (κ1) is 13.3. The SMILES string of the molecule is CN1CCc2ccc(-c3cnc4[nH]cc(I)c4c3)cc2C1. The number of nitrogens with one attached hydrogen (secondary N) is 1. The van der Waals surface area contributed by atoms with Crippen molar-refractivity contribution in [2.45, 2.75) is 13.0 Å². The van der Waals surface area contributed by atoms with Crippen LogP contribution in [0.4, 0.5) is 0 Å². The third kappa shape index (κ3) is 2.36. The molecule has 1 N–H and O–H groups in total. The average molecular weight is 389 g/mol. The smallest absolute Gasteiger partial charge is 0.138 e. The molecule has 1 aliphatic heterocycles. The van der Waals surface area contributed by atoms with Crippen molar-refractivity contribution in [3.63, 3.8) is 0 Å². The van der Waals surface area contributed by atoms with Crippen molar-refractivity contribution in [1.82, 2.24) is 14.9 Å². The van der Waals surface area contributed by atoms with Gasteiger partial charge in [-0.05, 0) is 64.9 Å². The molecule has 21 heavy (non-hydrogen) atoms. The van der Waals surface area contributed by atoms with Gasteiger partial charge in [0.15, 0.2) is 0 Å². The first-order chi connectivity index (χ1) is 10.2. The Kier molecular flexibility index (Phi) is 3.23. The Labute approximate surface area is 137 Å². The van der Waals surface area contributed by atoms with Gasteiger partial charge in [0.25, 0.3) is 0 Å². The van der Waals surface area contributed by atoms with E-state index >= 15 is 0 Å². The van der Waals surface area contributed by atoms with Crippen LogP contribution in [-0.2, 0) is 13.0 Å². The lowest BCUT2D eigenvalue weighted by molar-refractivity contribution is 0.313. The molecule has 0 saturated carbocycles. The Morgan fingerprint density at radius 3 is 3.00 bits per heavy atom. The molecule has 0 radical (unpaired) electrons. The lowest BCUT2D eigenvalue weighted by Crippen LogP contribution is -2.26. The Morgan fingerprint density at radius 2 is 2.10 bits per heavy atom.